The van der Waals surface area contributed by atoms with Crippen LogP contribution in [0.1, 0.15) is 0 Å². The molecule has 0 saturated heterocycles. The van der Waals surface area contributed by atoms with Gasteiger partial charge in [0, 0.05) is 111 Å². The number of thiophene rings is 3. The summed E-state index contributed by atoms with van der Waals surface area (Å²) in [6.45, 7) is 0. The first-order valence-electron chi connectivity index (χ1n) is 49.1. The van der Waals surface area contributed by atoms with Crippen molar-refractivity contribution in [1.29, 1.82) is 0 Å². The second-order valence-electron chi connectivity index (χ2n) is 36.1. The monoisotopic (exact) mass is 1930 g/mol. The van der Waals surface area contributed by atoms with E-state index in [9.17, 15) is 0 Å². The van der Waals surface area contributed by atoms with Gasteiger partial charge < -0.3 is 0 Å². The average Bonchev–Trinajstić information content (AvgIpc) is 1.62. The molecule has 0 aliphatic heterocycles. The minimum absolute atomic E-state index is 0.663. The number of benzene rings is 21. The van der Waals surface area contributed by atoms with Crippen LogP contribution in [0.4, 0.5) is 0 Å². The van der Waals surface area contributed by atoms with Crippen molar-refractivity contribution in [2.75, 3.05) is 0 Å². The summed E-state index contributed by atoms with van der Waals surface area (Å²) in [7, 11) is 0. The van der Waals surface area contributed by atoms with Crippen LogP contribution in [0.2, 0.25) is 0 Å². The van der Waals surface area contributed by atoms with Gasteiger partial charge in [-0.2, -0.15) is 0 Å². The number of hydrogen-bond donors (Lipinski definition) is 0. The summed E-state index contributed by atoms with van der Waals surface area (Å²) in [6.07, 6.45) is 0. The molecule has 6 aromatic heterocycles. The van der Waals surface area contributed by atoms with E-state index >= 15 is 0 Å². The molecule has 0 spiro atoms. The molecule has 147 heavy (non-hydrogen) atoms. The van der Waals surface area contributed by atoms with Crippen LogP contribution in [0.15, 0.2) is 528 Å². The second-order valence-corrected chi connectivity index (χ2v) is 39.4. The van der Waals surface area contributed by atoms with E-state index in [2.05, 4.69) is 346 Å². The van der Waals surface area contributed by atoms with E-state index in [1.807, 2.05) is 182 Å². The Hall–Kier alpha value is -18.7. The normalized spacial score (nSPS) is 11.3. The van der Waals surface area contributed by atoms with Gasteiger partial charge in [0.05, 0.1) is 0 Å². The van der Waals surface area contributed by atoms with Crippen molar-refractivity contribution in [2.45, 2.75) is 0 Å². The molecule has 12 heteroatoms. The topological polar surface area (TPSA) is 116 Å². The first kappa shape index (κ1) is 89.6. The maximum Gasteiger partial charge on any atom is 0.164 e. The van der Waals surface area contributed by atoms with E-state index in [4.69, 9.17) is 44.9 Å². The highest BCUT2D eigenvalue weighted by atomic mass is 32.1. The highest BCUT2D eigenvalue weighted by Gasteiger charge is 2.24. The Kier molecular flexibility index (Phi) is 24.6. The molecule has 0 aliphatic rings. The molecule has 0 bridgehead atoms. The van der Waals surface area contributed by atoms with Crippen molar-refractivity contribution in [3.63, 3.8) is 0 Å². The zero-order chi connectivity index (χ0) is 97.7. The molecule has 0 atom stereocenters. The second kappa shape index (κ2) is 40.4. The van der Waals surface area contributed by atoms with Gasteiger partial charge in [-0.15, -0.1) is 34.0 Å². The average molecular weight is 1930 g/mol. The standard InChI is InChI=1S/3C45H29N3S/c1-4-12-30(13-5-1)35-18-10-19-36(28-35)31-22-24-32(25-23-31)37-26-27-40-39(29-37)42-38(20-11-21-41(42)49-40)45-47-43(33-14-6-2-7-15-33)46-44(48-45)34-16-8-3-9-17-34;1-4-13-31(14-5-1)36-19-10-11-20-37(36)32-25-23-30(24-26-32)35-27-28-40-39(29-35)42-38(21-12-22-41(42)49-40)45-47-43(33-15-6-2-7-16-33)46-44(48-45)34-17-8-3-9-18-34;1-4-11-30(12-5-1)31-19-21-32(22-20-31)33-23-25-34(26-24-33)37-27-28-40-39(29-37)42-38(17-10-18-41(42)49-40)45-47-43(35-13-6-2-7-14-35)46-44(48-45)36-15-8-3-9-16-36/h3*1-29H. The molecule has 21 aromatic carbocycles. The van der Waals surface area contributed by atoms with Gasteiger partial charge in [-0.05, 0) is 161 Å². The Bertz CT molecular complexity index is 9280. The summed E-state index contributed by atoms with van der Waals surface area (Å²) in [5, 5.41) is 7.12. The highest BCUT2D eigenvalue weighted by Crippen LogP contribution is 2.48. The van der Waals surface area contributed by atoms with Gasteiger partial charge in [0.1, 0.15) is 0 Å². The first-order chi connectivity index (χ1) is 72.8. The van der Waals surface area contributed by atoms with E-state index in [0.29, 0.717) is 52.4 Å². The molecule has 0 saturated carbocycles. The summed E-state index contributed by atoms with van der Waals surface area (Å²) in [5.74, 6) is 5.99. The molecule has 0 aliphatic carbocycles. The van der Waals surface area contributed by atoms with Gasteiger partial charge in [-0.25, -0.2) is 44.9 Å². The molecule has 0 unspecified atom stereocenters. The van der Waals surface area contributed by atoms with Gasteiger partial charge in [0.15, 0.2) is 52.4 Å². The SMILES string of the molecule is c1ccc(-c2ccc(-c3ccc(-c4ccc5sc6cccc(-c7nc(-c8ccccc8)nc(-c8ccccc8)n7)c6c5c4)cc3)cc2)cc1.c1ccc(-c2cccc(-c3ccc(-c4ccc5sc6cccc(-c7nc(-c8ccccc8)nc(-c8ccccc8)n7)c6c5c4)cc3)c2)cc1.c1ccc(-c2nc(-c3ccccc3)nc(-c3cccc4sc5ccc(-c6ccc(-c7ccccc7-c7ccccc7)cc6)cc5c34)n2)cc1. The van der Waals surface area contributed by atoms with Crippen molar-refractivity contribution < 1.29 is 0 Å². The number of aromatic nitrogens is 9. The van der Waals surface area contributed by atoms with E-state index in [1.165, 1.54) is 161 Å². The lowest BCUT2D eigenvalue weighted by Gasteiger charge is -2.11. The Labute approximate surface area is 863 Å². The maximum atomic E-state index is 5.07. The van der Waals surface area contributed by atoms with Crippen molar-refractivity contribution in [3.05, 3.63) is 528 Å². The van der Waals surface area contributed by atoms with Crippen LogP contribution in [-0.2, 0) is 0 Å². The van der Waals surface area contributed by atoms with Crippen LogP contribution < -0.4 is 0 Å². The summed E-state index contributed by atoms with van der Waals surface area (Å²) in [4.78, 5) is 45.1. The molecule has 0 amide bonds. The van der Waals surface area contributed by atoms with Gasteiger partial charge in [-0.3, -0.25) is 0 Å². The highest BCUT2D eigenvalue weighted by molar-refractivity contribution is 7.26. The molecule has 0 fully saturated rings. The van der Waals surface area contributed by atoms with Crippen LogP contribution in [0.5, 0.6) is 0 Å². The van der Waals surface area contributed by atoms with Crippen molar-refractivity contribution in [1.82, 2.24) is 44.9 Å². The van der Waals surface area contributed by atoms with Gasteiger partial charge in [-0.1, -0.05) is 467 Å². The zero-order valence-electron chi connectivity index (χ0n) is 79.5. The smallest absolute Gasteiger partial charge is 0.164 e. The Morgan fingerprint density at radius 3 is 0.524 bits per heavy atom. The summed E-state index contributed by atoms with van der Waals surface area (Å²) < 4.78 is 7.34. The number of rotatable bonds is 18. The third-order valence-electron chi connectivity index (χ3n) is 26.9. The first-order valence-corrected chi connectivity index (χ1v) is 51.5. The van der Waals surface area contributed by atoms with E-state index in [0.717, 1.165) is 50.1 Å². The van der Waals surface area contributed by atoms with Crippen molar-refractivity contribution >= 4 is 94.5 Å². The lowest BCUT2D eigenvalue weighted by molar-refractivity contribution is 1.08. The summed E-state index contributed by atoms with van der Waals surface area (Å²) in [6, 6.07) is 185. The van der Waals surface area contributed by atoms with Crippen LogP contribution in [0, 0.1) is 0 Å². The lowest BCUT2D eigenvalue weighted by atomic mass is 9.93. The number of nitrogens with zero attached hydrogens (tertiary/aromatic N) is 9. The Balaban J connectivity index is 0.000000115. The summed E-state index contributed by atoms with van der Waals surface area (Å²) in [5.41, 5.74) is 30.4. The molecular weight excluding hydrogens is 1840 g/mol. The largest absolute Gasteiger partial charge is 0.208 e. The van der Waals surface area contributed by atoms with Crippen LogP contribution in [0.25, 0.3) is 263 Å². The van der Waals surface area contributed by atoms with Crippen LogP contribution >= 0.6 is 34.0 Å². The van der Waals surface area contributed by atoms with Gasteiger partial charge in [0.25, 0.3) is 0 Å². The van der Waals surface area contributed by atoms with E-state index < -0.39 is 0 Å². The fourth-order valence-electron chi connectivity index (χ4n) is 19.5. The van der Waals surface area contributed by atoms with E-state index in [1.54, 1.807) is 34.0 Å². The quantitative estimate of drug-likeness (QED) is 0.0828. The fourth-order valence-corrected chi connectivity index (χ4v) is 22.9. The maximum absolute atomic E-state index is 5.07. The molecule has 0 N–H and O–H groups in total. The van der Waals surface area contributed by atoms with Gasteiger partial charge in [0.2, 0.25) is 0 Å². The molecule has 0 radical (unpaired) electrons. The third-order valence-corrected chi connectivity index (χ3v) is 30.3. The molecular formula is C135H87N9S3. The van der Waals surface area contributed by atoms with Crippen LogP contribution in [-0.4, -0.2) is 44.9 Å². The molecule has 27 aromatic rings. The van der Waals surface area contributed by atoms with Gasteiger partial charge >= 0.3 is 0 Å². The Morgan fingerprint density at radius 1 is 0.102 bits per heavy atom. The minimum atomic E-state index is 0.663. The van der Waals surface area contributed by atoms with E-state index in [-0.39, 0.29) is 0 Å². The molecule has 690 valence electrons. The predicted molar refractivity (Wildman–Crippen MR) is 616 cm³/mol. The van der Waals surface area contributed by atoms with Crippen molar-refractivity contribution in [2.24, 2.45) is 0 Å². The van der Waals surface area contributed by atoms with Crippen LogP contribution in [0.3, 0.4) is 0 Å². The molecule has 9 nitrogen and oxygen atoms in total. The lowest BCUT2D eigenvalue weighted by Crippen LogP contribution is -2.00. The third kappa shape index (κ3) is 18.7. The van der Waals surface area contributed by atoms with Crippen molar-refractivity contribution in [3.8, 4) is 203 Å². The summed E-state index contributed by atoms with van der Waals surface area (Å²) >= 11 is 5.41. The predicted octanol–water partition coefficient (Wildman–Crippen LogP) is 36.7. The number of hydrogen-bond acceptors (Lipinski definition) is 12. The fraction of sp³-hybridized carbons (Fsp3) is 0. The number of fused-ring (bicyclic) bond motifs is 9. The minimum Gasteiger partial charge on any atom is -0.208 e. The zero-order valence-corrected chi connectivity index (χ0v) is 81.9. The molecule has 6 heterocycles. The Morgan fingerprint density at radius 2 is 0.265 bits per heavy atom. The molecule has 27 rings (SSSR count).